The standard InChI is InChI=1S/C21H25NO4/c1-21(2,3)15-10-18-17(11-16(15)23)25-13-19(26-18)20(24)22(4)12-14-8-6-5-7-9-14/h5-11,19,23H,12-13H2,1-4H3. The van der Waals surface area contributed by atoms with Crippen LogP contribution >= 0.6 is 0 Å². The molecule has 1 amide bonds. The number of carbonyl (C=O) groups excluding carboxylic acids is 1. The van der Waals surface area contributed by atoms with Gasteiger partial charge in [-0.25, -0.2) is 0 Å². The van der Waals surface area contributed by atoms with Crippen LogP contribution in [-0.2, 0) is 16.8 Å². The molecule has 1 unspecified atom stereocenters. The minimum absolute atomic E-state index is 0.124. The van der Waals surface area contributed by atoms with Gasteiger partial charge in [0, 0.05) is 25.2 Å². The van der Waals surface area contributed by atoms with Crippen LogP contribution in [0.25, 0.3) is 0 Å². The van der Waals surface area contributed by atoms with Crippen molar-refractivity contribution in [2.75, 3.05) is 13.7 Å². The van der Waals surface area contributed by atoms with E-state index in [-0.39, 0.29) is 23.7 Å². The fourth-order valence-corrected chi connectivity index (χ4v) is 3.01. The van der Waals surface area contributed by atoms with E-state index in [9.17, 15) is 9.90 Å². The number of ether oxygens (including phenoxy) is 2. The summed E-state index contributed by atoms with van der Waals surface area (Å²) in [5.74, 6) is 0.992. The van der Waals surface area contributed by atoms with E-state index in [4.69, 9.17) is 9.47 Å². The fourth-order valence-electron chi connectivity index (χ4n) is 3.01. The van der Waals surface area contributed by atoms with Gasteiger partial charge in [0.05, 0.1) is 0 Å². The lowest BCUT2D eigenvalue weighted by Gasteiger charge is -2.30. The molecule has 1 heterocycles. The van der Waals surface area contributed by atoms with Gasteiger partial charge in [0.1, 0.15) is 12.4 Å². The summed E-state index contributed by atoms with van der Waals surface area (Å²) < 4.78 is 11.6. The Bertz CT molecular complexity index is 796. The largest absolute Gasteiger partial charge is 0.508 e. The van der Waals surface area contributed by atoms with Crippen LogP contribution in [0.5, 0.6) is 17.2 Å². The summed E-state index contributed by atoms with van der Waals surface area (Å²) in [6.45, 7) is 6.66. The highest BCUT2D eigenvalue weighted by Crippen LogP contribution is 2.41. The van der Waals surface area contributed by atoms with Crippen molar-refractivity contribution in [2.45, 2.75) is 38.8 Å². The zero-order valence-corrected chi connectivity index (χ0v) is 15.7. The molecule has 2 aromatic rings. The number of benzene rings is 2. The second-order valence-corrected chi connectivity index (χ2v) is 7.66. The zero-order chi connectivity index (χ0) is 18.9. The molecule has 0 radical (unpaired) electrons. The molecule has 0 fully saturated rings. The summed E-state index contributed by atoms with van der Waals surface area (Å²) >= 11 is 0. The predicted octanol–water partition coefficient (Wildman–Crippen LogP) is 3.49. The number of likely N-dealkylation sites (N-methyl/N-ethyl adjacent to an activating group) is 1. The van der Waals surface area contributed by atoms with Crippen molar-refractivity contribution >= 4 is 5.91 Å². The van der Waals surface area contributed by atoms with Crippen LogP contribution in [0.15, 0.2) is 42.5 Å². The van der Waals surface area contributed by atoms with Crippen molar-refractivity contribution in [3.63, 3.8) is 0 Å². The third kappa shape index (κ3) is 3.77. The maximum absolute atomic E-state index is 12.7. The van der Waals surface area contributed by atoms with Crippen molar-refractivity contribution in [1.82, 2.24) is 4.90 Å². The van der Waals surface area contributed by atoms with Crippen molar-refractivity contribution in [3.8, 4) is 17.2 Å². The monoisotopic (exact) mass is 355 g/mol. The number of rotatable bonds is 3. The van der Waals surface area contributed by atoms with Crippen LogP contribution in [0, 0.1) is 0 Å². The third-order valence-electron chi connectivity index (χ3n) is 4.44. The van der Waals surface area contributed by atoms with Gasteiger partial charge in [0.25, 0.3) is 5.91 Å². The van der Waals surface area contributed by atoms with Crippen LogP contribution in [-0.4, -0.2) is 35.7 Å². The van der Waals surface area contributed by atoms with E-state index in [2.05, 4.69) is 0 Å². The summed E-state index contributed by atoms with van der Waals surface area (Å²) in [4.78, 5) is 14.4. The van der Waals surface area contributed by atoms with Gasteiger partial charge in [-0.05, 0) is 17.0 Å². The lowest BCUT2D eigenvalue weighted by Crippen LogP contribution is -2.44. The van der Waals surface area contributed by atoms with E-state index < -0.39 is 6.10 Å². The molecule has 5 heteroatoms. The van der Waals surface area contributed by atoms with Crippen molar-refractivity contribution in [2.24, 2.45) is 0 Å². The molecule has 1 aliphatic heterocycles. The Kier molecular flexibility index (Phi) is 4.81. The summed E-state index contributed by atoms with van der Waals surface area (Å²) in [7, 11) is 1.76. The highest BCUT2D eigenvalue weighted by molar-refractivity contribution is 5.81. The van der Waals surface area contributed by atoms with E-state index >= 15 is 0 Å². The van der Waals surface area contributed by atoms with Gasteiger partial charge in [-0.15, -0.1) is 0 Å². The minimum Gasteiger partial charge on any atom is -0.508 e. The molecule has 1 atom stereocenters. The average molecular weight is 355 g/mol. The first-order valence-corrected chi connectivity index (χ1v) is 8.71. The predicted molar refractivity (Wildman–Crippen MR) is 99.6 cm³/mol. The second kappa shape index (κ2) is 6.90. The first-order valence-electron chi connectivity index (χ1n) is 8.71. The Balaban J connectivity index is 1.76. The van der Waals surface area contributed by atoms with Gasteiger partial charge >= 0.3 is 0 Å². The third-order valence-corrected chi connectivity index (χ3v) is 4.44. The van der Waals surface area contributed by atoms with Crippen LogP contribution in [0.4, 0.5) is 0 Å². The molecule has 0 aliphatic carbocycles. The SMILES string of the molecule is CN(Cc1ccccc1)C(=O)C1COc2cc(O)c(C(C)(C)C)cc2O1. The smallest absolute Gasteiger partial charge is 0.267 e. The number of aromatic hydroxyl groups is 1. The van der Waals surface area contributed by atoms with Gasteiger partial charge in [-0.3, -0.25) is 4.79 Å². The maximum atomic E-state index is 12.7. The number of hydrogen-bond donors (Lipinski definition) is 1. The van der Waals surface area contributed by atoms with E-state index in [0.717, 1.165) is 11.1 Å². The number of phenolic OH excluding ortho intramolecular Hbond substituents is 1. The molecule has 1 N–H and O–H groups in total. The van der Waals surface area contributed by atoms with Crippen LogP contribution in [0.1, 0.15) is 31.9 Å². The Morgan fingerprint density at radius 3 is 2.54 bits per heavy atom. The molecule has 3 rings (SSSR count). The minimum atomic E-state index is -0.700. The number of amides is 1. The normalized spacial score (nSPS) is 16.2. The van der Waals surface area contributed by atoms with Gasteiger partial charge in [-0.1, -0.05) is 51.1 Å². The number of hydrogen-bond acceptors (Lipinski definition) is 4. The zero-order valence-electron chi connectivity index (χ0n) is 15.7. The summed E-state index contributed by atoms with van der Waals surface area (Å²) in [5.41, 5.74) is 1.56. The Morgan fingerprint density at radius 1 is 1.19 bits per heavy atom. The molecule has 138 valence electrons. The van der Waals surface area contributed by atoms with Crippen LogP contribution < -0.4 is 9.47 Å². The first-order chi connectivity index (χ1) is 12.3. The average Bonchev–Trinajstić information content (AvgIpc) is 2.60. The lowest BCUT2D eigenvalue weighted by molar-refractivity contribution is -0.140. The number of fused-ring (bicyclic) bond motifs is 1. The first kappa shape index (κ1) is 18.1. The molecule has 0 aromatic heterocycles. The fraction of sp³-hybridized carbons (Fsp3) is 0.381. The number of carbonyl (C=O) groups is 1. The molecular weight excluding hydrogens is 330 g/mol. The Hall–Kier alpha value is -2.69. The van der Waals surface area contributed by atoms with Gasteiger partial charge < -0.3 is 19.5 Å². The molecule has 0 saturated carbocycles. The quantitative estimate of drug-likeness (QED) is 0.916. The molecule has 2 aromatic carbocycles. The highest BCUT2D eigenvalue weighted by Gasteiger charge is 2.32. The van der Waals surface area contributed by atoms with Crippen molar-refractivity contribution < 1.29 is 19.4 Å². The van der Waals surface area contributed by atoms with E-state index in [1.54, 1.807) is 24.1 Å². The Labute approximate surface area is 154 Å². The summed E-state index contributed by atoms with van der Waals surface area (Å²) in [6.07, 6.45) is -0.700. The van der Waals surface area contributed by atoms with Gasteiger partial charge in [0.2, 0.25) is 6.10 Å². The van der Waals surface area contributed by atoms with E-state index in [1.807, 2.05) is 51.1 Å². The molecule has 1 aliphatic rings. The lowest BCUT2D eigenvalue weighted by atomic mass is 9.86. The number of nitrogens with zero attached hydrogens (tertiary/aromatic N) is 1. The van der Waals surface area contributed by atoms with Gasteiger partial charge in [-0.2, -0.15) is 0 Å². The van der Waals surface area contributed by atoms with Crippen LogP contribution in [0.3, 0.4) is 0 Å². The molecule has 0 saturated heterocycles. The molecule has 5 nitrogen and oxygen atoms in total. The van der Waals surface area contributed by atoms with Crippen molar-refractivity contribution in [1.29, 1.82) is 0 Å². The van der Waals surface area contributed by atoms with E-state index in [1.165, 1.54) is 0 Å². The summed E-state index contributed by atoms with van der Waals surface area (Å²) in [6, 6.07) is 13.1. The molecule has 26 heavy (non-hydrogen) atoms. The van der Waals surface area contributed by atoms with Crippen LogP contribution in [0.2, 0.25) is 0 Å². The van der Waals surface area contributed by atoms with E-state index in [0.29, 0.717) is 18.0 Å². The molecular formula is C21H25NO4. The second-order valence-electron chi connectivity index (χ2n) is 7.66. The Morgan fingerprint density at radius 2 is 1.88 bits per heavy atom. The number of phenols is 1. The molecule has 0 bridgehead atoms. The summed E-state index contributed by atoms with van der Waals surface area (Å²) in [5, 5.41) is 10.2. The maximum Gasteiger partial charge on any atom is 0.267 e. The molecule has 0 spiro atoms. The highest BCUT2D eigenvalue weighted by atomic mass is 16.6. The topological polar surface area (TPSA) is 59.0 Å². The van der Waals surface area contributed by atoms with Gasteiger partial charge in [0.15, 0.2) is 11.5 Å². The van der Waals surface area contributed by atoms with Crippen molar-refractivity contribution in [3.05, 3.63) is 53.6 Å².